The summed E-state index contributed by atoms with van der Waals surface area (Å²) in [6.45, 7) is 0. The van der Waals surface area contributed by atoms with Gasteiger partial charge in [-0.2, -0.15) is 0 Å². The Hall–Kier alpha value is 0.993. The van der Waals surface area contributed by atoms with Crippen LogP contribution in [0.2, 0.25) is 0 Å². The normalized spacial score (nSPS) is 9.83. The Morgan fingerprint density at radius 2 is 1.17 bits per heavy atom. The summed E-state index contributed by atoms with van der Waals surface area (Å²) in [6, 6.07) is 0. The first-order valence-electron chi connectivity index (χ1n) is 0.783. The van der Waals surface area contributed by atoms with Crippen LogP contribution in [0, 0.1) is 0 Å². The van der Waals surface area contributed by atoms with Crippen LogP contribution < -0.4 is 0 Å². The Bertz CT molecular complexity index is 53.7. The number of rotatable bonds is 0. The van der Waals surface area contributed by atoms with E-state index in [4.69, 9.17) is 19.2 Å². The summed E-state index contributed by atoms with van der Waals surface area (Å²) in [5, 5.41) is 0. The Kier molecular flexibility index (Phi) is 5.13. The average molecular weight is 310 g/mol. The Morgan fingerprint density at radius 1 is 1.17 bits per heavy atom. The predicted octanol–water partition coefficient (Wildman–Crippen LogP) is -2.11. The fraction of sp³-hybridized carbons (Fsp3) is 0. The number of hydrogen-bond donors (Lipinski definition) is 3. The van der Waals surface area contributed by atoms with Gasteiger partial charge >= 0.3 is 34.0 Å². The molecule has 6 heavy (non-hydrogen) atoms. The van der Waals surface area contributed by atoms with Crippen molar-refractivity contribution >= 4 is 34.0 Å². The molecule has 0 aliphatic heterocycles. The molecule has 0 bridgehead atoms. The third kappa shape index (κ3) is 80.7. The zero-order chi connectivity index (χ0) is 4.50. The van der Waals surface area contributed by atoms with Crippen LogP contribution in [0.5, 0.6) is 0 Å². The fourth-order valence-electron chi connectivity index (χ4n) is 0. The van der Waals surface area contributed by atoms with Crippen LogP contribution in [0.1, 0.15) is 0 Å². The monoisotopic (exact) mass is 310 g/mol. The second kappa shape index (κ2) is 3.06. The van der Waals surface area contributed by atoms with Gasteiger partial charge in [0.05, 0.1) is 0 Å². The van der Waals surface area contributed by atoms with Gasteiger partial charge in [0.15, 0.2) is 0 Å². The van der Waals surface area contributed by atoms with Gasteiger partial charge in [-0.15, -0.1) is 0 Å². The summed E-state index contributed by atoms with van der Waals surface area (Å²) < 4.78 is 8.88. The molecule has 4 nitrogen and oxygen atoms in total. The minimum atomic E-state index is -4.64. The molecule has 0 fully saturated rings. The molecule has 0 aromatic rings. The van der Waals surface area contributed by atoms with Crippen molar-refractivity contribution in [2.75, 3.05) is 0 Å². The van der Waals surface area contributed by atoms with Crippen LogP contribution in [0.4, 0.5) is 0 Å². The zero-order valence-electron chi connectivity index (χ0n) is 2.90. The van der Waals surface area contributed by atoms with E-state index in [0.29, 0.717) is 0 Å². The van der Waals surface area contributed by atoms with E-state index in [0.717, 1.165) is 0 Å². The molecule has 0 aromatic heterocycles. The van der Waals surface area contributed by atoms with Crippen molar-refractivity contribution in [1.29, 1.82) is 0 Å². The van der Waals surface area contributed by atoms with Crippen LogP contribution in [0.15, 0.2) is 0 Å². The van der Waals surface area contributed by atoms with Crippen molar-refractivity contribution in [2.45, 2.75) is 0 Å². The number of hydrogen-bond acceptors (Lipinski definition) is 1. The number of phosphoric acid groups is 1. The van der Waals surface area contributed by atoms with Gasteiger partial charge in [0.2, 0.25) is 0 Å². The van der Waals surface area contributed by atoms with Gasteiger partial charge in [-0.3, -0.25) is 0 Å². The molecule has 0 rings (SSSR count). The molecule has 40 valence electrons. The van der Waals surface area contributed by atoms with Gasteiger partial charge < -0.3 is 14.7 Å². The molecule has 0 saturated carbocycles. The van der Waals surface area contributed by atoms with E-state index in [9.17, 15) is 0 Å². The maximum absolute atomic E-state index is 8.88. The van der Waals surface area contributed by atoms with Crippen molar-refractivity contribution in [3.8, 4) is 0 Å². The quantitative estimate of drug-likeness (QED) is 0.353. The molecule has 0 aromatic carbocycles. The van der Waals surface area contributed by atoms with Crippen molar-refractivity contribution in [1.82, 2.24) is 0 Å². The topological polar surface area (TPSA) is 77.8 Å². The zero-order valence-corrected chi connectivity index (χ0v) is 9.30. The first-order chi connectivity index (χ1) is 2.00. The van der Waals surface area contributed by atoms with E-state index in [1.165, 1.54) is 0 Å². The molecular formula is H6BiO4P. The average Bonchev–Trinajstić information content (AvgIpc) is 0.722. The SMILES string of the molecule is O=P(O)(O)O.[BiH3]. The van der Waals surface area contributed by atoms with E-state index in [1.54, 1.807) is 0 Å². The van der Waals surface area contributed by atoms with Gasteiger partial charge in [-0.05, 0) is 0 Å². The summed E-state index contributed by atoms with van der Waals surface area (Å²) in [5.74, 6) is 0. The molecule has 0 saturated heterocycles. The van der Waals surface area contributed by atoms with Crippen molar-refractivity contribution in [3.05, 3.63) is 0 Å². The maximum atomic E-state index is 8.88. The van der Waals surface area contributed by atoms with E-state index < -0.39 is 7.82 Å². The van der Waals surface area contributed by atoms with E-state index >= 15 is 0 Å². The van der Waals surface area contributed by atoms with Gasteiger partial charge in [-0.1, -0.05) is 0 Å². The molecule has 0 amide bonds. The van der Waals surface area contributed by atoms with Gasteiger partial charge in [0, 0.05) is 0 Å². The summed E-state index contributed by atoms with van der Waals surface area (Å²) >= 11 is 0. The minimum absolute atomic E-state index is 0. The van der Waals surface area contributed by atoms with Crippen LogP contribution in [0.3, 0.4) is 0 Å². The van der Waals surface area contributed by atoms with E-state index in [-0.39, 0.29) is 26.2 Å². The van der Waals surface area contributed by atoms with Crippen LogP contribution in [0.25, 0.3) is 0 Å². The molecule has 3 N–H and O–H groups in total. The standard InChI is InChI=1S/Bi.H3O4P.3H/c;1-5(2,3)4;;;/h;(H3,1,2,3,4);;;. The van der Waals surface area contributed by atoms with Crippen molar-refractivity contribution in [3.63, 3.8) is 0 Å². The third-order valence-corrected chi connectivity index (χ3v) is 0. The predicted molar refractivity (Wildman–Crippen MR) is 24.2 cm³/mol. The molecule has 0 aliphatic carbocycles. The Labute approximate surface area is 53.6 Å². The molecule has 0 heterocycles. The Balaban J connectivity index is 0. The fourth-order valence-corrected chi connectivity index (χ4v) is 0. The van der Waals surface area contributed by atoms with E-state index in [1.807, 2.05) is 0 Å². The summed E-state index contributed by atoms with van der Waals surface area (Å²) in [5.41, 5.74) is 0. The molecule has 0 radical (unpaired) electrons. The van der Waals surface area contributed by atoms with Crippen LogP contribution in [-0.2, 0) is 4.57 Å². The van der Waals surface area contributed by atoms with Gasteiger partial charge in [0.25, 0.3) is 0 Å². The second-order valence-electron chi connectivity index (χ2n) is 0.513. The molecule has 0 aliphatic rings. The third-order valence-electron chi connectivity index (χ3n) is 0. The Morgan fingerprint density at radius 3 is 1.17 bits per heavy atom. The first-order valence-corrected chi connectivity index (χ1v) is 2.35. The first kappa shape index (κ1) is 10.1. The van der Waals surface area contributed by atoms with Gasteiger partial charge in [-0.25, -0.2) is 4.57 Å². The second-order valence-corrected chi connectivity index (χ2v) is 1.54. The molecular weight excluding hydrogens is 304 g/mol. The van der Waals surface area contributed by atoms with Crippen molar-refractivity contribution in [2.24, 2.45) is 0 Å². The molecule has 0 unspecified atom stereocenters. The summed E-state index contributed by atoms with van der Waals surface area (Å²) in [7, 11) is -4.64. The summed E-state index contributed by atoms with van der Waals surface area (Å²) in [4.78, 5) is 21.6. The molecule has 0 atom stereocenters. The van der Waals surface area contributed by atoms with E-state index in [2.05, 4.69) is 0 Å². The van der Waals surface area contributed by atoms with Crippen LogP contribution in [-0.4, -0.2) is 40.9 Å². The van der Waals surface area contributed by atoms with Crippen molar-refractivity contribution < 1.29 is 19.2 Å². The van der Waals surface area contributed by atoms with Crippen LogP contribution >= 0.6 is 7.82 Å². The summed E-state index contributed by atoms with van der Waals surface area (Å²) in [6.07, 6.45) is 0. The molecule has 6 heteroatoms. The van der Waals surface area contributed by atoms with Gasteiger partial charge in [0.1, 0.15) is 0 Å². The molecule has 0 spiro atoms.